The minimum Gasteiger partial charge on any atom is -0.478 e. The molecule has 2 aromatic carbocycles. The van der Waals surface area contributed by atoms with E-state index in [0.717, 1.165) is 23.3 Å². The van der Waals surface area contributed by atoms with Crippen molar-refractivity contribution in [3.8, 4) is 17.0 Å². The third-order valence-electron chi connectivity index (χ3n) is 7.33. The topological polar surface area (TPSA) is 86.8 Å². The lowest BCUT2D eigenvalue weighted by Crippen LogP contribution is -2.55. The summed E-state index contributed by atoms with van der Waals surface area (Å²) in [5.74, 6) is -0.515. The molecule has 3 aromatic rings. The van der Waals surface area contributed by atoms with Gasteiger partial charge in [0.15, 0.2) is 0 Å². The van der Waals surface area contributed by atoms with Crippen LogP contribution in [0.1, 0.15) is 46.5 Å². The standard InChI is InChI=1S/C31H35ClF3N5O3/c1-4-22-19-39(30(42)24-10-9-21(32)18-26(24)31(33,34)35)15-16-40(22)27-11-8-20(17-25(27)28(41)37-14-13-36-3)23-7-6-12-38-29(23)43-5-2/h6-12,17-18,22,36H,4-5,13-16,19H2,1-3H3,(H,37,41)/t22-/m1/s1. The second-order valence-corrected chi connectivity index (χ2v) is 10.5. The maximum atomic E-state index is 13.7. The number of carbonyl (C=O) groups excluding carboxylic acids is 2. The Balaban J connectivity index is 1.67. The van der Waals surface area contributed by atoms with Crippen molar-refractivity contribution in [1.29, 1.82) is 0 Å². The summed E-state index contributed by atoms with van der Waals surface area (Å²) >= 11 is 5.82. The zero-order valence-electron chi connectivity index (χ0n) is 24.3. The summed E-state index contributed by atoms with van der Waals surface area (Å²) in [6.07, 6.45) is -2.49. The molecule has 1 aliphatic heterocycles. The number of alkyl halides is 3. The molecule has 0 radical (unpaired) electrons. The van der Waals surface area contributed by atoms with Crippen LogP contribution in [0, 0.1) is 0 Å². The Hall–Kier alpha value is -3.83. The number of nitrogens with one attached hydrogen (secondary N) is 2. The minimum absolute atomic E-state index is 0.0937. The van der Waals surface area contributed by atoms with Gasteiger partial charge in [-0.05, 0) is 68.4 Å². The summed E-state index contributed by atoms with van der Waals surface area (Å²) in [5.41, 5.74) is 1.12. The van der Waals surface area contributed by atoms with E-state index in [1.54, 1.807) is 25.4 Å². The van der Waals surface area contributed by atoms with Crippen LogP contribution < -0.4 is 20.3 Å². The van der Waals surface area contributed by atoms with Crippen molar-refractivity contribution >= 4 is 29.1 Å². The summed E-state index contributed by atoms with van der Waals surface area (Å²) in [4.78, 5) is 34.7. The van der Waals surface area contributed by atoms with Gasteiger partial charge in [0.25, 0.3) is 11.8 Å². The van der Waals surface area contributed by atoms with Gasteiger partial charge in [0.2, 0.25) is 5.88 Å². The predicted octanol–water partition coefficient (Wildman–Crippen LogP) is 5.51. The molecular formula is C31H35ClF3N5O3. The minimum atomic E-state index is -4.73. The van der Waals surface area contributed by atoms with Crippen LogP contribution >= 0.6 is 11.6 Å². The first kappa shape index (κ1) is 32.1. The van der Waals surface area contributed by atoms with Crippen molar-refractivity contribution in [2.45, 2.75) is 32.5 Å². The molecule has 0 aliphatic carbocycles. The highest BCUT2D eigenvalue weighted by Crippen LogP contribution is 2.36. The number of likely N-dealkylation sites (N-methyl/N-ethyl adjacent to an activating group) is 1. The SMILES string of the molecule is CCOc1ncccc1-c1ccc(N2CCN(C(=O)c3ccc(Cl)cc3C(F)(F)F)C[C@H]2CC)c(C(=O)NCCNC)c1. The van der Waals surface area contributed by atoms with Crippen LogP contribution in [0.25, 0.3) is 11.1 Å². The zero-order valence-corrected chi connectivity index (χ0v) is 25.1. The Bertz CT molecular complexity index is 1450. The fraction of sp³-hybridized carbons (Fsp3) is 0.387. The molecule has 1 aliphatic rings. The Kier molecular flexibility index (Phi) is 10.5. The zero-order chi connectivity index (χ0) is 31.1. The summed E-state index contributed by atoms with van der Waals surface area (Å²) < 4.78 is 46.9. The number of ether oxygens (including phenoxy) is 1. The molecule has 0 bridgehead atoms. The highest BCUT2D eigenvalue weighted by atomic mass is 35.5. The maximum Gasteiger partial charge on any atom is 0.417 e. The van der Waals surface area contributed by atoms with E-state index in [1.807, 2.05) is 32.0 Å². The average Bonchev–Trinajstić information content (AvgIpc) is 3.00. The molecule has 43 heavy (non-hydrogen) atoms. The van der Waals surface area contributed by atoms with Crippen LogP contribution in [0.3, 0.4) is 0 Å². The molecule has 1 atom stereocenters. The van der Waals surface area contributed by atoms with Gasteiger partial charge in [-0.1, -0.05) is 24.6 Å². The monoisotopic (exact) mass is 617 g/mol. The number of amides is 2. The molecular weight excluding hydrogens is 583 g/mol. The Labute approximate surface area is 254 Å². The molecule has 8 nitrogen and oxygen atoms in total. The molecule has 1 saturated heterocycles. The molecule has 230 valence electrons. The van der Waals surface area contributed by atoms with Crippen molar-refractivity contribution in [3.63, 3.8) is 0 Å². The molecule has 0 unspecified atom stereocenters. The molecule has 2 N–H and O–H groups in total. The quantitative estimate of drug-likeness (QED) is 0.292. The smallest absolute Gasteiger partial charge is 0.417 e. The van der Waals surface area contributed by atoms with Crippen LogP contribution in [0.5, 0.6) is 5.88 Å². The summed E-state index contributed by atoms with van der Waals surface area (Å²) in [6, 6.07) is 12.2. The van der Waals surface area contributed by atoms with Gasteiger partial charge in [-0.25, -0.2) is 4.98 Å². The first-order chi connectivity index (χ1) is 20.6. The number of hydrogen-bond donors (Lipinski definition) is 2. The lowest BCUT2D eigenvalue weighted by atomic mass is 9.98. The third-order valence-corrected chi connectivity index (χ3v) is 7.57. The van der Waals surface area contributed by atoms with Crippen molar-refractivity contribution in [1.82, 2.24) is 20.5 Å². The number of halogens is 4. The highest BCUT2D eigenvalue weighted by molar-refractivity contribution is 6.30. The van der Waals surface area contributed by atoms with E-state index < -0.39 is 23.2 Å². The lowest BCUT2D eigenvalue weighted by Gasteiger charge is -2.43. The predicted molar refractivity (Wildman–Crippen MR) is 161 cm³/mol. The summed E-state index contributed by atoms with van der Waals surface area (Å²) in [6.45, 7) is 5.94. The largest absolute Gasteiger partial charge is 0.478 e. The second-order valence-electron chi connectivity index (χ2n) is 10.1. The van der Waals surface area contributed by atoms with E-state index in [-0.39, 0.29) is 30.1 Å². The molecule has 0 spiro atoms. The van der Waals surface area contributed by atoms with Gasteiger partial charge >= 0.3 is 6.18 Å². The Morgan fingerprint density at radius 2 is 1.86 bits per heavy atom. The Morgan fingerprint density at radius 1 is 1.07 bits per heavy atom. The fourth-order valence-corrected chi connectivity index (χ4v) is 5.38. The molecule has 0 saturated carbocycles. The van der Waals surface area contributed by atoms with Gasteiger partial charge in [-0.3, -0.25) is 9.59 Å². The van der Waals surface area contributed by atoms with Gasteiger partial charge in [0, 0.05) is 61.2 Å². The molecule has 2 heterocycles. The first-order valence-corrected chi connectivity index (χ1v) is 14.5. The van der Waals surface area contributed by atoms with Crippen molar-refractivity contribution in [2.75, 3.05) is 51.3 Å². The molecule has 1 fully saturated rings. The average molecular weight is 618 g/mol. The van der Waals surface area contributed by atoms with Gasteiger partial charge in [-0.15, -0.1) is 0 Å². The number of carbonyl (C=O) groups is 2. The third kappa shape index (κ3) is 7.40. The van der Waals surface area contributed by atoms with Gasteiger partial charge in [0.05, 0.1) is 23.3 Å². The van der Waals surface area contributed by atoms with Crippen LogP contribution in [-0.2, 0) is 6.18 Å². The van der Waals surface area contributed by atoms with Gasteiger partial charge in [-0.2, -0.15) is 13.2 Å². The fourth-order valence-electron chi connectivity index (χ4n) is 5.21. The first-order valence-electron chi connectivity index (χ1n) is 14.2. The molecule has 4 rings (SSSR count). The number of hydrogen-bond acceptors (Lipinski definition) is 6. The maximum absolute atomic E-state index is 13.7. The van der Waals surface area contributed by atoms with Crippen molar-refractivity contribution in [2.24, 2.45) is 0 Å². The molecule has 2 amide bonds. The van der Waals surface area contributed by atoms with E-state index in [2.05, 4.69) is 20.5 Å². The number of pyridine rings is 1. The summed E-state index contributed by atoms with van der Waals surface area (Å²) in [7, 11) is 1.80. The number of piperazine rings is 1. The highest BCUT2D eigenvalue weighted by Gasteiger charge is 2.38. The summed E-state index contributed by atoms with van der Waals surface area (Å²) in [5, 5.41) is 5.86. The van der Waals surface area contributed by atoms with E-state index in [4.69, 9.17) is 16.3 Å². The van der Waals surface area contributed by atoms with E-state index >= 15 is 0 Å². The van der Waals surface area contributed by atoms with Gasteiger partial charge < -0.3 is 25.2 Å². The Morgan fingerprint density at radius 3 is 2.56 bits per heavy atom. The van der Waals surface area contributed by atoms with Crippen molar-refractivity contribution < 1.29 is 27.5 Å². The number of rotatable bonds is 10. The van der Waals surface area contributed by atoms with Crippen molar-refractivity contribution in [3.05, 3.63) is 76.4 Å². The van der Waals surface area contributed by atoms with E-state index in [9.17, 15) is 22.8 Å². The number of aromatic nitrogens is 1. The van der Waals surface area contributed by atoms with Crippen LogP contribution in [0.15, 0.2) is 54.7 Å². The van der Waals surface area contributed by atoms with Gasteiger partial charge in [0.1, 0.15) is 0 Å². The molecule has 1 aromatic heterocycles. The van der Waals surface area contributed by atoms with Crippen LogP contribution in [0.2, 0.25) is 5.02 Å². The second kappa shape index (κ2) is 14.1. The van der Waals surface area contributed by atoms with Crippen LogP contribution in [-0.4, -0.2) is 74.1 Å². The molecule has 12 heteroatoms. The number of anilines is 1. The van der Waals surface area contributed by atoms with E-state index in [0.29, 0.717) is 49.8 Å². The normalized spacial score (nSPS) is 15.4. The number of nitrogens with zero attached hydrogens (tertiary/aromatic N) is 3. The van der Waals surface area contributed by atoms with E-state index in [1.165, 1.54) is 11.0 Å². The van der Waals surface area contributed by atoms with Crippen LogP contribution in [0.4, 0.5) is 18.9 Å². The lowest BCUT2D eigenvalue weighted by molar-refractivity contribution is -0.138. The number of benzene rings is 2.